The molecule has 0 aliphatic rings. The topological polar surface area (TPSA) is 34.9 Å². The van der Waals surface area contributed by atoms with E-state index < -0.39 is 5.82 Å². The number of hydrogen-bond donors (Lipinski definition) is 0. The molecule has 0 unspecified atom stereocenters. The minimum Gasteiger partial charge on any atom is -0.288 e. The zero-order valence-corrected chi connectivity index (χ0v) is 9.99. The van der Waals surface area contributed by atoms with E-state index in [9.17, 15) is 9.18 Å². The summed E-state index contributed by atoms with van der Waals surface area (Å²) in [5, 5.41) is 4.08. The lowest BCUT2D eigenvalue weighted by atomic mass is 10.0. The molecule has 0 saturated carbocycles. The van der Waals surface area contributed by atoms with Gasteiger partial charge >= 0.3 is 0 Å². The zero-order chi connectivity index (χ0) is 12.6. The molecular weight excluding hydrogens is 219 g/mol. The smallest absolute Gasteiger partial charge is 0.199 e. The van der Waals surface area contributed by atoms with Gasteiger partial charge in [-0.2, -0.15) is 5.10 Å². The van der Waals surface area contributed by atoms with Gasteiger partial charge in [0.15, 0.2) is 5.78 Å². The second-order valence-electron chi connectivity index (χ2n) is 4.11. The highest BCUT2D eigenvalue weighted by atomic mass is 19.1. The average molecular weight is 232 g/mol. The molecule has 2 aromatic rings. The molecule has 0 aliphatic heterocycles. The lowest BCUT2D eigenvalue weighted by Crippen LogP contribution is -2.05. The first-order chi connectivity index (χ1) is 7.99. The lowest BCUT2D eigenvalue weighted by Gasteiger charge is -2.02. The SMILES string of the molecule is Cc1ccc(F)c(C(=O)c2cn(C)nc2C)c1. The predicted octanol–water partition coefficient (Wildman–Crippen LogP) is 2.41. The number of aryl methyl sites for hydroxylation is 3. The summed E-state index contributed by atoms with van der Waals surface area (Å²) >= 11 is 0. The van der Waals surface area contributed by atoms with Crippen LogP contribution >= 0.6 is 0 Å². The Morgan fingerprint density at radius 1 is 1.29 bits per heavy atom. The summed E-state index contributed by atoms with van der Waals surface area (Å²) in [4.78, 5) is 12.2. The van der Waals surface area contributed by atoms with E-state index >= 15 is 0 Å². The highest BCUT2D eigenvalue weighted by Gasteiger charge is 2.18. The lowest BCUT2D eigenvalue weighted by molar-refractivity contribution is 0.103. The van der Waals surface area contributed by atoms with Crippen molar-refractivity contribution >= 4 is 5.78 Å². The van der Waals surface area contributed by atoms with Gasteiger partial charge in [0.2, 0.25) is 0 Å². The summed E-state index contributed by atoms with van der Waals surface area (Å²) in [6.07, 6.45) is 1.61. The van der Waals surface area contributed by atoms with E-state index in [4.69, 9.17) is 0 Å². The Labute approximate surface area is 98.9 Å². The van der Waals surface area contributed by atoms with Crippen molar-refractivity contribution in [3.8, 4) is 0 Å². The first kappa shape index (κ1) is 11.5. The van der Waals surface area contributed by atoms with Gasteiger partial charge in [-0.3, -0.25) is 9.48 Å². The van der Waals surface area contributed by atoms with Crippen LogP contribution in [0.2, 0.25) is 0 Å². The highest BCUT2D eigenvalue weighted by Crippen LogP contribution is 2.17. The molecule has 0 bridgehead atoms. The Morgan fingerprint density at radius 3 is 2.59 bits per heavy atom. The van der Waals surface area contributed by atoms with Crippen molar-refractivity contribution in [2.75, 3.05) is 0 Å². The molecule has 2 rings (SSSR count). The Bertz CT molecular complexity index is 587. The average Bonchev–Trinajstić information content (AvgIpc) is 2.60. The number of aromatic nitrogens is 2. The van der Waals surface area contributed by atoms with Crippen molar-refractivity contribution in [1.29, 1.82) is 0 Å². The number of ketones is 1. The van der Waals surface area contributed by atoms with Crippen LogP contribution in [0, 0.1) is 19.7 Å². The molecule has 0 radical (unpaired) electrons. The Hall–Kier alpha value is -1.97. The number of rotatable bonds is 2. The summed E-state index contributed by atoms with van der Waals surface area (Å²) in [5.41, 5.74) is 2.01. The van der Waals surface area contributed by atoms with E-state index in [-0.39, 0.29) is 11.3 Å². The van der Waals surface area contributed by atoms with E-state index in [1.54, 1.807) is 37.0 Å². The van der Waals surface area contributed by atoms with Crippen LogP contribution in [0.5, 0.6) is 0 Å². The van der Waals surface area contributed by atoms with Crippen LogP contribution in [0.15, 0.2) is 24.4 Å². The molecule has 88 valence electrons. The van der Waals surface area contributed by atoms with Gasteiger partial charge in [0.05, 0.1) is 16.8 Å². The van der Waals surface area contributed by atoms with E-state index in [1.165, 1.54) is 6.07 Å². The fourth-order valence-electron chi connectivity index (χ4n) is 1.78. The summed E-state index contributed by atoms with van der Waals surface area (Å²) in [7, 11) is 1.73. The third kappa shape index (κ3) is 2.11. The molecule has 0 atom stereocenters. The Balaban J connectivity index is 2.50. The molecule has 0 spiro atoms. The molecule has 0 fully saturated rings. The Kier molecular flexibility index (Phi) is 2.79. The fourth-order valence-corrected chi connectivity index (χ4v) is 1.78. The maximum atomic E-state index is 13.6. The number of carbonyl (C=O) groups is 1. The number of nitrogens with zero attached hydrogens (tertiary/aromatic N) is 2. The van der Waals surface area contributed by atoms with Gasteiger partial charge < -0.3 is 0 Å². The maximum Gasteiger partial charge on any atom is 0.199 e. The van der Waals surface area contributed by atoms with Crippen LogP contribution in [-0.2, 0) is 7.05 Å². The van der Waals surface area contributed by atoms with Crippen LogP contribution in [-0.4, -0.2) is 15.6 Å². The monoisotopic (exact) mass is 232 g/mol. The van der Waals surface area contributed by atoms with Crippen molar-refractivity contribution in [2.24, 2.45) is 7.05 Å². The molecular formula is C13H13FN2O. The van der Waals surface area contributed by atoms with Crippen molar-refractivity contribution in [1.82, 2.24) is 9.78 Å². The van der Waals surface area contributed by atoms with Gasteiger partial charge in [0, 0.05) is 13.2 Å². The van der Waals surface area contributed by atoms with Gasteiger partial charge in [0.25, 0.3) is 0 Å². The van der Waals surface area contributed by atoms with E-state index in [0.29, 0.717) is 11.3 Å². The molecule has 0 N–H and O–H groups in total. The van der Waals surface area contributed by atoms with E-state index in [0.717, 1.165) is 5.56 Å². The molecule has 0 aliphatic carbocycles. The highest BCUT2D eigenvalue weighted by molar-refractivity contribution is 6.09. The van der Waals surface area contributed by atoms with Crippen LogP contribution in [0.4, 0.5) is 4.39 Å². The van der Waals surface area contributed by atoms with Gasteiger partial charge in [-0.1, -0.05) is 11.6 Å². The molecule has 1 heterocycles. The normalized spacial score (nSPS) is 10.6. The molecule has 17 heavy (non-hydrogen) atoms. The van der Waals surface area contributed by atoms with Crippen molar-refractivity contribution in [2.45, 2.75) is 13.8 Å². The summed E-state index contributed by atoms with van der Waals surface area (Å²) in [6, 6.07) is 4.51. The van der Waals surface area contributed by atoms with Crippen molar-refractivity contribution in [3.63, 3.8) is 0 Å². The number of hydrogen-bond acceptors (Lipinski definition) is 2. The van der Waals surface area contributed by atoms with Gasteiger partial charge in [0.1, 0.15) is 5.82 Å². The number of benzene rings is 1. The molecule has 1 aromatic carbocycles. The van der Waals surface area contributed by atoms with Gasteiger partial charge in [-0.05, 0) is 26.0 Å². The molecule has 3 nitrogen and oxygen atoms in total. The molecule has 0 amide bonds. The van der Waals surface area contributed by atoms with E-state index in [1.807, 2.05) is 6.92 Å². The third-order valence-electron chi connectivity index (χ3n) is 2.62. The van der Waals surface area contributed by atoms with Crippen molar-refractivity contribution in [3.05, 3.63) is 52.6 Å². The quantitative estimate of drug-likeness (QED) is 0.745. The summed E-state index contributed by atoms with van der Waals surface area (Å²) in [6.45, 7) is 3.56. The number of carbonyl (C=O) groups excluding carboxylic acids is 1. The van der Waals surface area contributed by atoms with Crippen LogP contribution in [0.1, 0.15) is 27.2 Å². The maximum absolute atomic E-state index is 13.6. The van der Waals surface area contributed by atoms with Gasteiger partial charge in [-0.25, -0.2) is 4.39 Å². The largest absolute Gasteiger partial charge is 0.288 e. The standard InChI is InChI=1S/C13H13FN2O/c1-8-4-5-12(14)10(6-8)13(17)11-7-16(3)15-9(11)2/h4-7H,1-3H3. The predicted molar refractivity (Wildman–Crippen MR) is 62.5 cm³/mol. The van der Waals surface area contributed by atoms with Gasteiger partial charge in [-0.15, -0.1) is 0 Å². The zero-order valence-electron chi connectivity index (χ0n) is 9.99. The summed E-state index contributed by atoms with van der Waals surface area (Å²) in [5.74, 6) is -0.819. The molecule has 4 heteroatoms. The second kappa shape index (κ2) is 4.13. The second-order valence-corrected chi connectivity index (χ2v) is 4.11. The molecule has 0 saturated heterocycles. The molecule has 1 aromatic heterocycles. The third-order valence-corrected chi connectivity index (χ3v) is 2.62. The minimum atomic E-state index is -0.496. The number of halogens is 1. The fraction of sp³-hybridized carbons (Fsp3) is 0.231. The van der Waals surface area contributed by atoms with E-state index in [2.05, 4.69) is 5.10 Å². The van der Waals surface area contributed by atoms with Crippen LogP contribution < -0.4 is 0 Å². The van der Waals surface area contributed by atoms with Crippen molar-refractivity contribution < 1.29 is 9.18 Å². The van der Waals surface area contributed by atoms with Crippen LogP contribution in [0.3, 0.4) is 0 Å². The summed E-state index contributed by atoms with van der Waals surface area (Å²) < 4.78 is 15.1. The Morgan fingerprint density at radius 2 is 2.00 bits per heavy atom. The van der Waals surface area contributed by atoms with Crippen LogP contribution in [0.25, 0.3) is 0 Å². The first-order valence-electron chi connectivity index (χ1n) is 5.30. The first-order valence-corrected chi connectivity index (χ1v) is 5.30. The minimum absolute atomic E-state index is 0.0982.